The van der Waals surface area contributed by atoms with Gasteiger partial charge in [-0.3, -0.25) is 5.32 Å². The van der Waals surface area contributed by atoms with Gasteiger partial charge in [-0.2, -0.15) is 0 Å². The molecule has 5 heteroatoms. The van der Waals surface area contributed by atoms with Crippen LogP contribution < -0.4 is 10.6 Å². The second-order valence-electron chi connectivity index (χ2n) is 11.3. The number of aliphatic imine (C=N–C) groups is 1. The van der Waals surface area contributed by atoms with Crippen LogP contribution in [-0.4, -0.2) is 10.4 Å². The summed E-state index contributed by atoms with van der Waals surface area (Å²) in [6.45, 7) is 0. The number of nitrogens with one attached hydrogen (secondary N) is 2. The molecule has 9 rings (SSSR count). The third kappa shape index (κ3) is 3.94. The zero-order valence-electron chi connectivity index (χ0n) is 23.8. The number of hydrogen-bond donors (Lipinski definition) is 2. The summed E-state index contributed by atoms with van der Waals surface area (Å²) >= 11 is 0. The number of benzene rings is 6. The van der Waals surface area contributed by atoms with E-state index >= 15 is 0 Å². The minimum Gasteiger partial charge on any atom is -0.456 e. The van der Waals surface area contributed by atoms with Gasteiger partial charge in [0.25, 0.3) is 0 Å². The van der Waals surface area contributed by atoms with Gasteiger partial charge in [0.2, 0.25) is 0 Å². The van der Waals surface area contributed by atoms with Crippen LogP contribution in [0.25, 0.3) is 49.4 Å². The van der Waals surface area contributed by atoms with Crippen molar-refractivity contribution in [3.8, 4) is 5.69 Å². The predicted molar refractivity (Wildman–Crippen MR) is 179 cm³/mol. The van der Waals surface area contributed by atoms with Crippen LogP contribution in [0.2, 0.25) is 0 Å². The second-order valence-corrected chi connectivity index (χ2v) is 11.3. The Morgan fingerprint density at radius 1 is 0.591 bits per heavy atom. The smallest absolute Gasteiger partial charge is 0.142 e. The van der Waals surface area contributed by atoms with Crippen molar-refractivity contribution in [2.24, 2.45) is 4.99 Å². The molecule has 1 aliphatic rings. The third-order valence-electron chi connectivity index (χ3n) is 8.69. The molecule has 0 fully saturated rings. The van der Waals surface area contributed by atoms with Crippen LogP contribution >= 0.6 is 0 Å². The van der Waals surface area contributed by atoms with E-state index in [2.05, 4.69) is 137 Å². The zero-order chi connectivity index (χ0) is 29.0. The van der Waals surface area contributed by atoms with Crippen molar-refractivity contribution in [2.75, 3.05) is 0 Å². The number of hydrogen-bond acceptors (Lipinski definition) is 4. The Kier molecular flexibility index (Phi) is 5.64. The fourth-order valence-electron chi connectivity index (χ4n) is 6.64. The van der Waals surface area contributed by atoms with Crippen LogP contribution in [0.5, 0.6) is 0 Å². The fraction of sp³-hybridized carbons (Fsp3) is 0.0513. The molecule has 2 unspecified atom stereocenters. The van der Waals surface area contributed by atoms with Gasteiger partial charge in [-0.25, -0.2) is 4.99 Å². The Balaban J connectivity index is 1.18. The van der Waals surface area contributed by atoms with E-state index in [1.54, 1.807) is 0 Å². The molecule has 2 aromatic heterocycles. The maximum absolute atomic E-state index is 6.75. The summed E-state index contributed by atoms with van der Waals surface area (Å²) in [5.41, 5.74) is 8.37. The van der Waals surface area contributed by atoms with E-state index in [1.807, 2.05) is 24.3 Å². The summed E-state index contributed by atoms with van der Waals surface area (Å²) in [5, 5.41) is 12.1. The third-order valence-corrected chi connectivity index (χ3v) is 8.69. The molecular formula is C39H28N4O. The number of aromatic nitrogens is 1. The largest absolute Gasteiger partial charge is 0.456 e. The van der Waals surface area contributed by atoms with Gasteiger partial charge in [0.15, 0.2) is 0 Å². The topological polar surface area (TPSA) is 54.5 Å². The quantitative estimate of drug-likeness (QED) is 0.223. The molecule has 2 atom stereocenters. The summed E-state index contributed by atoms with van der Waals surface area (Å²) in [4.78, 5) is 5.07. The molecular weight excluding hydrogens is 540 g/mol. The van der Waals surface area contributed by atoms with Crippen molar-refractivity contribution in [3.05, 3.63) is 162 Å². The minimum atomic E-state index is -0.214. The summed E-state index contributed by atoms with van der Waals surface area (Å²) in [6, 6.07) is 50.8. The number of furan rings is 1. The van der Waals surface area contributed by atoms with Crippen LogP contribution in [0, 0.1) is 0 Å². The molecule has 0 amide bonds. The van der Waals surface area contributed by atoms with Gasteiger partial charge in [0.1, 0.15) is 29.3 Å². The van der Waals surface area contributed by atoms with Gasteiger partial charge in [0, 0.05) is 44.4 Å². The van der Waals surface area contributed by atoms with E-state index in [1.165, 1.54) is 21.8 Å². The molecule has 5 nitrogen and oxygen atoms in total. The van der Waals surface area contributed by atoms with Crippen molar-refractivity contribution in [1.29, 1.82) is 0 Å². The summed E-state index contributed by atoms with van der Waals surface area (Å²) in [7, 11) is 0. The average Bonchev–Trinajstić information content (AvgIpc) is 3.64. The van der Waals surface area contributed by atoms with E-state index in [9.17, 15) is 0 Å². The van der Waals surface area contributed by atoms with Crippen LogP contribution in [0.3, 0.4) is 0 Å². The highest BCUT2D eigenvalue weighted by atomic mass is 16.3. The number of rotatable bonds is 4. The highest BCUT2D eigenvalue weighted by molar-refractivity contribution is 6.10. The van der Waals surface area contributed by atoms with Crippen LogP contribution in [0.1, 0.15) is 29.0 Å². The molecule has 8 aromatic rings. The molecule has 0 saturated heterocycles. The molecule has 0 spiro atoms. The van der Waals surface area contributed by atoms with Crippen molar-refractivity contribution in [2.45, 2.75) is 12.3 Å². The first-order chi connectivity index (χ1) is 21.8. The van der Waals surface area contributed by atoms with E-state index in [0.717, 1.165) is 50.2 Å². The molecule has 6 aromatic carbocycles. The van der Waals surface area contributed by atoms with Crippen LogP contribution in [0.4, 0.5) is 0 Å². The number of para-hydroxylation sites is 3. The standard InChI is InChI=1S/C39H28N4O/c1-3-12-25(13-4-1)37-40-38(26-14-5-2-6-15-26)42-39(41-37)32-19-11-18-31-30-23-22-27(24-35(30)44-36(31)32)43-33-20-9-7-16-28(33)29-17-8-10-21-34(29)43/h1-24,37,39,41H,(H,40,42). The van der Waals surface area contributed by atoms with Crippen molar-refractivity contribution in [1.82, 2.24) is 15.2 Å². The van der Waals surface area contributed by atoms with E-state index in [4.69, 9.17) is 9.41 Å². The Hall–Kier alpha value is -5.65. The van der Waals surface area contributed by atoms with Crippen molar-refractivity contribution < 1.29 is 4.42 Å². The molecule has 0 radical (unpaired) electrons. The lowest BCUT2D eigenvalue weighted by molar-refractivity contribution is 0.408. The molecule has 0 saturated carbocycles. The van der Waals surface area contributed by atoms with Gasteiger partial charge in [0.05, 0.1) is 11.0 Å². The van der Waals surface area contributed by atoms with E-state index in [0.29, 0.717) is 0 Å². The number of amidine groups is 1. The van der Waals surface area contributed by atoms with Crippen molar-refractivity contribution >= 4 is 49.6 Å². The van der Waals surface area contributed by atoms with Gasteiger partial charge >= 0.3 is 0 Å². The molecule has 3 heterocycles. The molecule has 44 heavy (non-hydrogen) atoms. The van der Waals surface area contributed by atoms with Crippen LogP contribution in [0.15, 0.2) is 155 Å². The minimum absolute atomic E-state index is 0.209. The Labute approximate surface area is 254 Å². The first kappa shape index (κ1) is 24.9. The molecule has 0 aliphatic carbocycles. The lowest BCUT2D eigenvalue weighted by Crippen LogP contribution is -2.45. The molecule has 1 aliphatic heterocycles. The number of fused-ring (bicyclic) bond motifs is 6. The molecule has 0 bridgehead atoms. The second kappa shape index (κ2) is 9.97. The highest BCUT2D eigenvalue weighted by Gasteiger charge is 2.28. The van der Waals surface area contributed by atoms with Crippen LogP contribution in [-0.2, 0) is 0 Å². The zero-order valence-corrected chi connectivity index (χ0v) is 23.8. The summed E-state index contributed by atoms with van der Waals surface area (Å²) in [5.74, 6) is 0.852. The first-order valence-electron chi connectivity index (χ1n) is 15.0. The SMILES string of the molecule is c1ccc(C2=NC(c3ccccc3)NC(c3cccc4c3oc3cc(-n5c6ccccc6c6ccccc65)ccc34)N2)cc1. The Bertz CT molecular complexity index is 2300. The lowest BCUT2D eigenvalue weighted by atomic mass is 10.0. The normalized spacial score (nSPS) is 16.9. The summed E-state index contributed by atoms with van der Waals surface area (Å²) < 4.78 is 9.08. The average molecular weight is 569 g/mol. The van der Waals surface area contributed by atoms with Gasteiger partial charge in [-0.05, 0) is 29.8 Å². The fourth-order valence-corrected chi connectivity index (χ4v) is 6.64. The van der Waals surface area contributed by atoms with Gasteiger partial charge in [-0.15, -0.1) is 0 Å². The first-order valence-corrected chi connectivity index (χ1v) is 15.0. The summed E-state index contributed by atoms with van der Waals surface area (Å²) in [6.07, 6.45) is -0.423. The predicted octanol–water partition coefficient (Wildman–Crippen LogP) is 9.02. The van der Waals surface area contributed by atoms with E-state index < -0.39 is 0 Å². The maximum atomic E-state index is 6.75. The molecule has 2 N–H and O–H groups in total. The number of nitrogens with zero attached hydrogens (tertiary/aromatic N) is 2. The molecule has 210 valence electrons. The Morgan fingerprint density at radius 2 is 1.25 bits per heavy atom. The highest BCUT2D eigenvalue weighted by Crippen LogP contribution is 2.38. The van der Waals surface area contributed by atoms with Gasteiger partial charge < -0.3 is 14.3 Å². The lowest BCUT2D eigenvalue weighted by Gasteiger charge is -2.32. The van der Waals surface area contributed by atoms with Gasteiger partial charge in [-0.1, -0.05) is 115 Å². The monoisotopic (exact) mass is 568 g/mol. The Morgan fingerprint density at radius 3 is 2.00 bits per heavy atom. The maximum Gasteiger partial charge on any atom is 0.142 e. The van der Waals surface area contributed by atoms with Crippen molar-refractivity contribution in [3.63, 3.8) is 0 Å². The van der Waals surface area contributed by atoms with E-state index in [-0.39, 0.29) is 12.3 Å².